The van der Waals surface area contributed by atoms with Gasteiger partial charge in [-0.15, -0.1) is 0 Å². The molecule has 1 aliphatic heterocycles. The Morgan fingerprint density at radius 2 is 1.86 bits per heavy atom. The van der Waals surface area contributed by atoms with Gasteiger partial charge in [0.05, 0.1) is 28.7 Å². The quantitative estimate of drug-likeness (QED) is 0.448. The average Bonchev–Trinajstić information content (AvgIpc) is 2.93. The molecule has 2 rings (SSSR count). The molecule has 0 N–H and O–H groups in total. The molecule has 0 bridgehead atoms. The van der Waals surface area contributed by atoms with Crippen molar-refractivity contribution in [1.29, 1.82) is 0 Å². The number of nitrogens with zero attached hydrogens (tertiary/aromatic N) is 1. The average molecular weight is 462 g/mol. The first-order valence-electron chi connectivity index (χ1n) is 8.31. The molecule has 1 atom stereocenters. The highest BCUT2D eigenvalue weighted by Gasteiger charge is 2.41. The van der Waals surface area contributed by atoms with Crippen LogP contribution in [0.2, 0.25) is 10.0 Å². The molecule has 156 valence electrons. The Morgan fingerprint density at radius 1 is 1.24 bits per heavy atom. The zero-order valence-corrected chi connectivity index (χ0v) is 18.0. The van der Waals surface area contributed by atoms with E-state index >= 15 is 0 Å². The maximum atomic E-state index is 12.6. The van der Waals surface area contributed by atoms with Gasteiger partial charge in [0.15, 0.2) is 12.4 Å². The third kappa shape index (κ3) is 5.43. The van der Waals surface area contributed by atoms with Gasteiger partial charge in [-0.1, -0.05) is 23.2 Å². The molecule has 2 amide bonds. The van der Waals surface area contributed by atoms with Crippen molar-refractivity contribution in [3.05, 3.63) is 32.6 Å². The van der Waals surface area contributed by atoms with Gasteiger partial charge in [0.2, 0.25) is 0 Å². The lowest BCUT2D eigenvalue weighted by atomic mass is 10.2. The van der Waals surface area contributed by atoms with E-state index in [0.29, 0.717) is 17.3 Å². The molecule has 0 saturated carbocycles. The molecule has 1 heterocycles. The number of benzene rings is 1. The van der Waals surface area contributed by atoms with Crippen molar-refractivity contribution in [3.63, 3.8) is 0 Å². The topological polar surface area (TPSA) is 99.2 Å². The molecular formula is C18H17Cl2NO7S. The van der Waals surface area contributed by atoms with Crippen LogP contribution in [-0.2, 0) is 23.9 Å². The molecule has 0 aromatic heterocycles. The molecule has 1 aromatic carbocycles. The number of imide groups is 1. The molecule has 1 unspecified atom stereocenters. The largest absolute Gasteiger partial charge is 0.479 e. The number of methoxy groups -OCH3 is 1. The lowest BCUT2D eigenvalue weighted by Gasteiger charge is -2.19. The van der Waals surface area contributed by atoms with Crippen molar-refractivity contribution < 1.29 is 33.4 Å². The van der Waals surface area contributed by atoms with Crippen LogP contribution >= 0.6 is 35.0 Å². The molecule has 0 spiro atoms. The summed E-state index contributed by atoms with van der Waals surface area (Å²) in [6.07, 6.45) is 1.42. The number of carbonyl (C=O) groups excluding carboxylic acids is 4. The van der Waals surface area contributed by atoms with Gasteiger partial charge in [0.1, 0.15) is 6.04 Å². The first-order chi connectivity index (χ1) is 13.7. The number of hydrogen-bond acceptors (Lipinski definition) is 8. The summed E-state index contributed by atoms with van der Waals surface area (Å²) in [4.78, 5) is 48.8. The van der Waals surface area contributed by atoms with Crippen LogP contribution in [0.3, 0.4) is 0 Å². The van der Waals surface area contributed by atoms with Crippen LogP contribution in [0.25, 0.3) is 6.08 Å². The van der Waals surface area contributed by atoms with Crippen molar-refractivity contribution in [2.24, 2.45) is 0 Å². The maximum Gasteiger partial charge on any atom is 0.343 e. The molecule has 1 aromatic rings. The zero-order valence-electron chi connectivity index (χ0n) is 15.7. The fourth-order valence-corrected chi connectivity index (χ4v) is 3.85. The lowest BCUT2D eigenvalue weighted by molar-refractivity contribution is -0.150. The summed E-state index contributed by atoms with van der Waals surface area (Å²) in [7, 11) is 1.22. The SMILES string of the molecule is CCOC(=O)C(C)N1C(=O)S/C(=C/c2cc(Cl)c(OCC(=O)OC)c(Cl)c2)C1=O. The number of rotatable bonds is 7. The summed E-state index contributed by atoms with van der Waals surface area (Å²) in [5.41, 5.74) is 0.430. The number of carbonyl (C=O) groups is 4. The first kappa shape index (κ1) is 23.1. The van der Waals surface area contributed by atoms with E-state index in [9.17, 15) is 19.2 Å². The number of ether oxygens (including phenoxy) is 3. The third-order valence-corrected chi connectivity index (χ3v) is 5.16. The predicted molar refractivity (Wildman–Crippen MR) is 108 cm³/mol. The van der Waals surface area contributed by atoms with Gasteiger partial charge in [-0.2, -0.15) is 0 Å². The Hall–Kier alpha value is -2.23. The minimum atomic E-state index is -1.05. The van der Waals surface area contributed by atoms with Gasteiger partial charge in [-0.05, 0) is 49.4 Å². The van der Waals surface area contributed by atoms with E-state index in [1.165, 1.54) is 32.2 Å². The summed E-state index contributed by atoms with van der Waals surface area (Å²) in [5.74, 6) is -1.82. The van der Waals surface area contributed by atoms with E-state index in [4.69, 9.17) is 32.7 Å². The van der Waals surface area contributed by atoms with Crippen molar-refractivity contribution in [2.75, 3.05) is 20.3 Å². The minimum Gasteiger partial charge on any atom is -0.479 e. The van der Waals surface area contributed by atoms with E-state index < -0.39 is 29.1 Å². The number of amides is 2. The van der Waals surface area contributed by atoms with Gasteiger partial charge in [0.25, 0.3) is 11.1 Å². The Labute approximate surface area is 181 Å². The van der Waals surface area contributed by atoms with Crippen molar-refractivity contribution in [3.8, 4) is 5.75 Å². The fourth-order valence-electron chi connectivity index (χ4n) is 2.32. The number of hydrogen-bond donors (Lipinski definition) is 0. The Morgan fingerprint density at radius 3 is 2.41 bits per heavy atom. The molecule has 1 saturated heterocycles. The van der Waals surface area contributed by atoms with Crippen molar-refractivity contribution in [2.45, 2.75) is 19.9 Å². The standard InChI is InChI=1S/C18H17Cl2NO7S/c1-4-27-17(24)9(2)21-16(23)13(29-18(21)25)7-10-5-11(19)15(12(20)6-10)28-8-14(22)26-3/h5-7,9H,4,8H2,1-3H3/b13-7+. The van der Waals surface area contributed by atoms with E-state index in [1.807, 2.05) is 0 Å². The van der Waals surface area contributed by atoms with E-state index in [-0.39, 0.29) is 33.9 Å². The Bertz CT molecular complexity index is 864. The van der Waals surface area contributed by atoms with Crippen LogP contribution in [-0.4, -0.2) is 54.4 Å². The number of thioether (sulfide) groups is 1. The molecular weight excluding hydrogens is 445 g/mol. The Balaban J connectivity index is 2.24. The van der Waals surface area contributed by atoms with Gasteiger partial charge < -0.3 is 14.2 Å². The molecule has 1 aliphatic rings. The fraction of sp³-hybridized carbons (Fsp3) is 0.333. The highest BCUT2D eigenvalue weighted by molar-refractivity contribution is 8.18. The highest BCUT2D eigenvalue weighted by Crippen LogP contribution is 2.38. The maximum absolute atomic E-state index is 12.6. The second-order valence-electron chi connectivity index (χ2n) is 5.66. The van der Waals surface area contributed by atoms with Gasteiger partial charge in [-0.3, -0.25) is 14.5 Å². The number of esters is 2. The monoisotopic (exact) mass is 461 g/mol. The van der Waals surface area contributed by atoms with Crippen LogP contribution < -0.4 is 4.74 Å². The first-order valence-corrected chi connectivity index (χ1v) is 9.89. The molecule has 11 heteroatoms. The molecule has 1 fully saturated rings. The summed E-state index contributed by atoms with van der Waals surface area (Å²) in [6, 6.07) is 1.88. The Kier molecular flexibility index (Phi) is 7.95. The third-order valence-electron chi connectivity index (χ3n) is 3.72. The van der Waals surface area contributed by atoms with Crippen LogP contribution in [0.1, 0.15) is 19.4 Å². The van der Waals surface area contributed by atoms with Crippen LogP contribution in [0, 0.1) is 0 Å². The van der Waals surface area contributed by atoms with Crippen LogP contribution in [0.5, 0.6) is 5.75 Å². The highest BCUT2D eigenvalue weighted by atomic mass is 35.5. The minimum absolute atomic E-state index is 0.0833. The molecule has 8 nitrogen and oxygen atoms in total. The second-order valence-corrected chi connectivity index (χ2v) is 7.47. The zero-order chi connectivity index (χ0) is 21.7. The summed E-state index contributed by atoms with van der Waals surface area (Å²) in [6.45, 7) is 2.80. The smallest absolute Gasteiger partial charge is 0.343 e. The number of halogens is 2. The van der Waals surface area contributed by atoms with Crippen LogP contribution in [0.4, 0.5) is 4.79 Å². The van der Waals surface area contributed by atoms with Crippen molar-refractivity contribution in [1.82, 2.24) is 4.90 Å². The van der Waals surface area contributed by atoms with E-state index in [2.05, 4.69) is 4.74 Å². The van der Waals surface area contributed by atoms with E-state index in [0.717, 1.165) is 4.90 Å². The van der Waals surface area contributed by atoms with Gasteiger partial charge in [-0.25, -0.2) is 9.59 Å². The molecule has 0 radical (unpaired) electrons. The lowest BCUT2D eigenvalue weighted by Crippen LogP contribution is -2.42. The van der Waals surface area contributed by atoms with Crippen LogP contribution in [0.15, 0.2) is 17.0 Å². The summed E-state index contributed by atoms with van der Waals surface area (Å²) < 4.78 is 14.6. The second kappa shape index (κ2) is 10.00. The van der Waals surface area contributed by atoms with Crippen molar-refractivity contribution >= 4 is 64.1 Å². The van der Waals surface area contributed by atoms with E-state index in [1.54, 1.807) is 6.92 Å². The summed E-state index contributed by atoms with van der Waals surface area (Å²) in [5, 5.41) is -0.379. The molecule has 0 aliphatic carbocycles. The van der Waals surface area contributed by atoms with Gasteiger partial charge >= 0.3 is 11.9 Å². The molecule has 29 heavy (non-hydrogen) atoms. The summed E-state index contributed by atoms with van der Waals surface area (Å²) >= 11 is 13.0. The predicted octanol–water partition coefficient (Wildman–Crippen LogP) is 3.53. The van der Waals surface area contributed by atoms with Gasteiger partial charge in [0, 0.05) is 0 Å². The normalized spacial score (nSPS) is 16.2.